The van der Waals surface area contributed by atoms with Gasteiger partial charge in [0.15, 0.2) is 0 Å². The van der Waals surface area contributed by atoms with Crippen LogP contribution in [0.1, 0.15) is 19.8 Å². The molecule has 3 aromatic heterocycles. The molecule has 1 atom stereocenters. The molecule has 4 rings (SSSR count). The zero-order chi connectivity index (χ0) is 15.3. The van der Waals surface area contributed by atoms with E-state index in [9.17, 15) is 0 Å². The van der Waals surface area contributed by atoms with E-state index in [1.807, 2.05) is 7.05 Å². The molecule has 114 valence electrons. The minimum atomic E-state index is 0.451. The van der Waals surface area contributed by atoms with E-state index in [1.165, 1.54) is 19.2 Å². The summed E-state index contributed by atoms with van der Waals surface area (Å²) in [5.41, 5.74) is 7.81. The topological polar surface area (TPSA) is 86.0 Å². The molecule has 0 unspecified atom stereocenters. The highest BCUT2D eigenvalue weighted by Crippen LogP contribution is 2.42. The van der Waals surface area contributed by atoms with Crippen molar-refractivity contribution in [2.45, 2.75) is 25.8 Å². The van der Waals surface area contributed by atoms with Crippen LogP contribution in [0.15, 0.2) is 23.2 Å². The normalized spacial score (nSPS) is 18.5. The third kappa shape index (κ3) is 1.71. The SMILES string of the molecule is C[C@@H]1CCCN1c1c(-c2ncco2)c2c(N)ncnc2n1C. The second-order valence-electron chi connectivity index (χ2n) is 5.74. The van der Waals surface area contributed by atoms with Crippen LogP contribution in [0.2, 0.25) is 0 Å². The first-order chi connectivity index (χ1) is 10.7. The summed E-state index contributed by atoms with van der Waals surface area (Å²) in [6, 6.07) is 0.464. The molecule has 1 aliphatic rings. The van der Waals surface area contributed by atoms with Gasteiger partial charge in [-0.05, 0) is 19.8 Å². The Bertz CT molecular complexity index is 822. The summed E-state index contributed by atoms with van der Waals surface area (Å²) in [7, 11) is 2.00. The lowest BCUT2D eigenvalue weighted by Crippen LogP contribution is -2.28. The molecule has 1 aliphatic heterocycles. The smallest absolute Gasteiger partial charge is 0.230 e. The van der Waals surface area contributed by atoms with Crippen molar-refractivity contribution in [2.75, 3.05) is 17.2 Å². The Morgan fingerprint density at radius 3 is 2.86 bits per heavy atom. The van der Waals surface area contributed by atoms with E-state index in [4.69, 9.17) is 10.2 Å². The summed E-state index contributed by atoms with van der Waals surface area (Å²) in [5.74, 6) is 2.06. The molecule has 3 aromatic rings. The van der Waals surface area contributed by atoms with Crippen molar-refractivity contribution in [3.05, 3.63) is 18.8 Å². The van der Waals surface area contributed by atoms with Crippen LogP contribution < -0.4 is 10.6 Å². The number of oxazole rings is 1. The molecule has 22 heavy (non-hydrogen) atoms. The predicted molar refractivity (Wildman–Crippen MR) is 84.5 cm³/mol. The van der Waals surface area contributed by atoms with Crippen LogP contribution in [0, 0.1) is 0 Å². The lowest BCUT2D eigenvalue weighted by Gasteiger charge is -2.25. The number of hydrogen-bond acceptors (Lipinski definition) is 6. The van der Waals surface area contributed by atoms with Crippen LogP contribution in [0.4, 0.5) is 11.6 Å². The Kier molecular flexibility index (Phi) is 2.82. The number of nitrogens with zero attached hydrogens (tertiary/aromatic N) is 5. The van der Waals surface area contributed by atoms with Gasteiger partial charge in [0.1, 0.15) is 29.9 Å². The lowest BCUT2D eigenvalue weighted by molar-refractivity contribution is 0.574. The maximum Gasteiger partial charge on any atom is 0.230 e. The molecule has 0 aliphatic carbocycles. The van der Waals surface area contributed by atoms with Crippen LogP contribution >= 0.6 is 0 Å². The molecular weight excluding hydrogens is 280 g/mol. The average Bonchev–Trinajstić information content (AvgIpc) is 3.20. The fourth-order valence-electron chi connectivity index (χ4n) is 3.40. The van der Waals surface area contributed by atoms with E-state index < -0.39 is 0 Å². The van der Waals surface area contributed by atoms with Gasteiger partial charge in [0.2, 0.25) is 5.89 Å². The second kappa shape index (κ2) is 4.72. The summed E-state index contributed by atoms with van der Waals surface area (Å²) in [6.07, 6.45) is 7.06. The van der Waals surface area contributed by atoms with Crippen molar-refractivity contribution in [1.82, 2.24) is 19.5 Å². The summed E-state index contributed by atoms with van der Waals surface area (Å²) in [6.45, 7) is 3.24. The quantitative estimate of drug-likeness (QED) is 0.780. The molecule has 2 N–H and O–H groups in total. The van der Waals surface area contributed by atoms with E-state index in [-0.39, 0.29) is 0 Å². The molecule has 0 saturated carbocycles. The first-order valence-corrected chi connectivity index (χ1v) is 7.44. The Hall–Kier alpha value is -2.57. The standard InChI is InChI=1S/C15H18N6O/c1-9-4-3-6-21(9)15-11(14-17-5-7-22-14)10-12(16)18-8-19-13(10)20(15)2/h5,7-9H,3-4,6H2,1-2H3,(H2,16,18,19)/t9-/m1/s1. The van der Waals surface area contributed by atoms with Crippen molar-refractivity contribution in [3.8, 4) is 11.5 Å². The van der Waals surface area contributed by atoms with Gasteiger partial charge in [-0.25, -0.2) is 15.0 Å². The second-order valence-corrected chi connectivity index (χ2v) is 5.74. The summed E-state index contributed by atoms with van der Waals surface area (Å²) >= 11 is 0. The van der Waals surface area contributed by atoms with Gasteiger partial charge >= 0.3 is 0 Å². The van der Waals surface area contributed by atoms with Gasteiger partial charge in [-0.2, -0.15) is 0 Å². The number of hydrogen-bond donors (Lipinski definition) is 1. The van der Waals surface area contributed by atoms with Gasteiger partial charge in [-0.15, -0.1) is 0 Å². The first kappa shape index (κ1) is 13.1. The first-order valence-electron chi connectivity index (χ1n) is 7.44. The summed E-state index contributed by atoms with van der Waals surface area (Å²) in [4.78, 5) is 15.3. The molecule has 7 nitrogen and oxygen atoms in total. The summed E-state index contributed by atoms with van der Waals surface area (Å²) in [5, 5.41) is 0.807. The zero-order valence-corrected chi connectivity index (χ0v) is 12.7. The molecular formula is C15H18N6O. The number of nitrogens with two attached hydrogens (primary N) is 1. The Morgan fingerprint density at radius 1 is 1.32 bits per heavy atom. The third-order valence-corrected chi connectivity index (χ3v) is 4.44. The Morgan fingerprint density at radius 2 is 2.18 bits per heavy atom. The molecule has 0 aromatic carbocycles. The zero-order valence-electron chi connectivity index (χ0n) is 12.7. The van der Waals surface area contributed by atoms with Crippen LogP contribution in [0.5, 0.6) is 0 Å². The van der Waals surface area contributed by atoms with E-state index in [0.29, 0.717) is 17.8 Å². The van der Waals surface area contributed by atoms with Crippen molar-refractivity contribution in [2.24, 2.45) is 7.05 Å². The summed E-state index contributed by atoms with van der Waals surface area (Å²) < 4.78 is 7.63. The van der Waals surface area contributed by atoms with Gasteiger partial charge in [0, 0.05) is 19.6 Å². The number of rotatable bonds is 2. The number of nitrogen functional groups attached to an aromatic ring is 1. The average molecular weight is 298 g/mol. The number of aromatic nitrogens is 4. The highest BCUT2D eigenvalue weighted by atomic mass is 16.3. The molecule has 4 heterocycles. The molecule has 1 saturated heterocycles. The van der Waals surface area contributed by atoms with Crippen LogP contribution in [-0.2, 0) is 7.05 Å². The minimum absolute atomic E-state index is 0.451. The number of aryl methyl sites for hydroxylation is 1. The van der Waals surface area contributed by atoms with Crippen molar-refractivity contribution in [1.29, 1.82) is 0 Å². The van der Waals surface area contributed by atoms with E-state index in [0.717, 1.165) is 29.0 Å². The van der Waals surface area contributed by atoms with Gasteiger partial charge < -0.3 is 19.6 Å². The van der Waals surface area contributed by atoms with Crippen LogP contribution in [-0.4, -0.2) is 32.1 Å². The maximum absolute atomic E-state index is 6.13. The molecule has 7 heteroatoms. The fourth-order valence-corrected chi connectivity index (χ4v) is 3.40. The van der Waals surface area contributed by atoms with E-state index >= 15 is 0 Å². The fraction of sp³-hybridized carbons (Fsp3) is 0.400. The highest BCUT2D eigenvalue weighted by Gasteiger charge is 2.31. The Balaban J connectivity index is 2.08. The lowest BCUT2D eigenvalue weighted by atomic mass is 10.2. The highest BCUT2D eigenvalue weighted by molar-refractivity contribution is 6.05. The van der Waals surface area contributed by atoms with E-state index in [1.54, 1.807) is 12.5 Å². The van der Waals surface area contributed by atoms with Gasteiger partial charge in [-0.3, -0.25) is 0 Å². The number of anilines is 2. The van der Waals surface area contributed by atoms with Crippen molar-refractivity contribution >= 4 is 22.7 Å². The van der Waals surface area contributed by atoms with Gasteiger partial charge in [-0.1, -0.05) is 0 Å². The maximum atomic E-state index is 6.13. The molecule has 0 spiro atoms. The van der Waals surface area contributed by atoms with E-state index in [2.05, 4.69) is 31.3 Å². The van der Waals surface area contributed by atoms with Crippen LogP contribution in [0.25, 0.3) is 22.5 Å². The molecule has 0 bridgehead atoms. The Labute approximate surface area is 127 Å². The van der Waals surface area contributed by atoms with Crippen LogP contribution in [0.3, 0.4) is 0 Å². The molecule has 1 fully saturated rings. The van der Waals surface area contributed by atoms with Gasteiger partial charge in [0.05, 0.1) is 17.1 Å². The van der Waals surface area contributed by atoms with Crippen molar-refractivity contribution < 1.29 is 4.42 Å². The van der Waals surface area contributed by atoms with Crippen molar-refractivity contribution in [3.63, 3.8) is 0 Å². The molecule has 0 amide bonds. The third-order valence-electron chi connectivity index (χ3n) is 4.44. The monoisotopic (exact) mass is 298 g/mol. The predicted octanol–water partition coefficient (Wildman–Crippen LogP) is 2.19. The van der Waals surface area contributed by atoms with Gasteiger partial charge in [0.25, 0.3) is 0 Å². The molecule has 0 radical (unpaired) electrons. The number of fused-ring (bicyclic) bond motifs is 1. The largest absolute Gasteiger partial charge is 0.444 e. The minimum Gasteiger partial charge on any atom is -0.444 e.